The van der Waals surface area contributed by atoms with Crippen molar-refractivity contribution in [1.29, 1.82) is 0 Å². The fraction of sp³-hybridized carbons (Fsp3) is 0.917. The first-order valence-electron chi connectivity index (χ1n) is 5.73. The average molecular weight is 198 g/mol. The maximum absolute atomic E-state index is 11.0. The summed E-state index contributed by atoms with van der Waals surface area (Å²) in [7, 11) is 0. The zero-order valence-electron chi connectivity index (χ0n) is 9.64. The van der Waals surface area contributed by atoms with E-state index in [4.69, 9.17) is 4.74 Å². The molecule has 0 aromatic heterocycles. The Labute approximate surface area is 87.0 Å². The highest BCUT2D eigenvalue weighted by Crippen LogP contribution is 2.25. The van der Waals surface area contributed by atoms with Crippen molar-refractivity contribution in [2.45, 2.75) is 71.0 Å². The van der Waals surface area contributed by atoms with E-state index in [9.17, 15) is 4.79 Å². The third-order valence-corrected chi connectivity index (χ3v) is 2.83. The third kappa shape index (κ3) is 3.79. The van der Waals surface area contributed by atoms with Crippen molar-refractivity contribution in [3.63, 3.8) is 0 Å². The summed E-state index contributed by atoms with van der Waals surface area (Å²) in [5.74, 6) is 0.401. The number of rotatable bonds is 4. The maximum Gasteiger partial charge on any atom is 0.133 e. The molecule has 2 nitrogen and oxygen atoms in total. The van der Waals surface area contributed by atoms with Crippen molar-refractivity contribution in [2.75, 3.05) is 0 Å². The zero-order chi connectivity index (χ0) is 10.6. The van der Waals surface area contributed by atoms with Gasteiger partial charge in [-0.2, -0.15) is 0 Å². The molecule has 0 aromatic carbocycles. The normalized spacial score (nSPS) is 20.1. The van der Waals surface area contributed by atoms with Crippen LogP contribution in [0.25, 0.3) is 0 Å². The number of carbonyl (C=O) groups excluding carboxylic acids is 1. The Balaban J connectivity index is 2.33. The van der Waals surface area contributed by atoms with Gasteiger partial charge in [0.05, 0.1) is 11.7 Å². The van der Waals surface area contributed by atoms with Gasteiger partial charge in [-0.15, -0.1) is 0 Å². The quantitative estimate of drug-likeness (QED) is 0.694. The van der Waals surface area contributed by atoms with Crippen molar-refractivity contribution >= 4 is 5.78 Å². The van der Waals surface area contributed by atoms with Crippen LogP contribution in [-0.4, -0.2) is 17.5 Å². The van der Waals surface area contributed by atoms with Crippen LogP contribution in [0, 0.1) is 0 Å². The van der Waals surface area contributed by atoms with Crippen LogP contribution in [0.4, 0.5) is 0 Å². The van der Waals surface area contributed by atoms with Crippen LogP contribution >= 0.6 is 0 Å². The largest absolute Gasteiger partial charge is 0.372 e. The molecule has 1 saturated carbocycles. The summed E-state index contributed by atoms with van der Waals surface area (Å²) in [4.78, 5) is 11.0. The van der Waals surface area contributed by atoms with Gasteiger partial charge in [0.25, 0.3) is 0 Å². The molecule has 0 unspecified atom stereocenters. The van der Waals surface area contributed by atoms with E-state index in [2.05, 4.69) is 20.8 Å². The second kappa shape index (κ2) is 4.92. The van der Waals surface area contributed by atoms with Crippen LogP contribution in [0.5, 0.6) is 0 Å². The van der Waals surface area contributed by atoms with Gasteiger partial charge in [0.15, 0.2) is 0 Å². The lowest BCUT2D eigenvalue weighted by Crippen LogP contribution is -2.33. The van der Waals surface area contributed by atoms with E-state index in [0.717, 1.165) is 25.7 Å². The number of Topliss-reactive ketones (excluding diaryl/α,β-unsaturated/α-hetero) is 1. The Morgan fingerprint density at radius 1 is 1.36 bits per heavy atom. The van der Waals surface area contributed by atoms with Crippen LogP contribution in [0.2, 0.25) is 0 Å². The maximum atomic E-state index is 11.0. The van der Waals surface area contributed by atoms with E-state index in [1.165, 1.54) is 0 Å². The van der Waals surface area contributed by atoms with E-state index in [1.54, 1.807) is 0 Å². The molecule has 0 amide bonds. The van der Waals surface area contributed by atoms with Gasteiger partial charge in [-0.25, -0.2) is 0 Å². The van der Waals surface area contributed by atoms with Gasteiger partial charge >= 0.3 is 0 Å². The minimum Gasteiger partial charge on any atom is -0.372 e. The molecular weight excluding hydrogens is 176 g/mol. The predicted octanol–water partition coefficient (Wildman–Crippen LogP) is 3.09. The second-order valence-electron chi connectivity index (χ2n) is 4.87. The molecule has 0 atom stereocenters. The fourth-order valence-electron chi connectivity index (χ4n) is 2.14. The Morgan fingerprint density at radius 2 is 1.93 bits per heavy atom. The highest BCUT2D eigenvalue weighted by Gasteiger charge is 2.26. The molecule has 1 aliphatic rings. The lowest BCUT2D eigenvalue weighted by Gasteiger charge is -2.32. The molecule has 2 heteroatoms. The molecule has 1 aliphatic carbocycles. The summed E-state index contributed by atoms with van der Waals surface area (Å²) in [5.41, 5.74) is -0.0141. The number of ether oxygens (including phenoxy) is 1. The Kier molecular flexibility index (Phi) is 4.11. The van der Waals surface area contributed by atoms with Crippen LogP contribution in [0.15, 0.2) is 0 Å². The molecule has 14 heavy (non-hydrogen) atoms. The molecule has 0 radical (unpaired) electrons. The van der Waals surface area contributed by atoms with Gasteiger partial charge in [0.2, 0.25) is 0 Å². The Hall–Kier alpha value is -0.370. The summed E-state index contributed by atoms with van der Waals surface area (Å²) >= 11 is 0. The van der Waals surface area contributed by atoms with Gasteiger partial charge in [0, 0.05) is 12.8 Å². The lowest BCUT2D eigenvalue weighted by molar-refractivity contribution is -0.129. The Morgan fingerprint density at radius 3 is 2.43 bits per heavy atom. The van der Waals surface area contributed by atoms with Gasteiger partial charge < -0.3 is 4.74 Å². The monoisotopic (exact) mass is 198 g/mol. The summed E-state index contributed by atoms with van der Waals surface area (Å²) in [6.07, 6.45) is 5.84. The van der Waals surface area contributed by atoms with E-state index >= 15 is 0 Å². The first-order chi connectivity index (χ1) is 6.53. The molecule has 1 fully saturated rings. The van der Waals surface area contributed by atoms with Crippen LogP contribution < -0.4 is 0 Å². The number of ketones is 1. The molecule has 0 spiro atoms. The number of carbonyl (C=O) groups is 1. The average Bonchev–Trinajstić information content (AvgIpc) is 2.08. The van der Waals surface area contributed by atoms with Crippen molar-refractivity contribution < 1.29 is 9.53 Å². The van der Waals surface area contributed by atoms with Crippen LogP contribution in [-0.2, 0) is 9.53 Å². The van der Waals surface area contributed by atoms with E-state index in [-0.39, 0.29) is 5.60 Å². The van der Waals surface area contributed by atoms with E-state index in [0.29, 0.717) is 24.7 Å². The number of hydrogen-bond acceptors (Lipinski definition) is 2. The SMILES string of the molecule is CCCC(C)(C)OC1CCC(=O)CC1. The van der Waals surface area contributed by atoms with E-state index < -0.39 is 0 Å². The highest BCUT2D eigenvalue weighted by molar-refractivity contribution is 5.79. The topological polar surface area (TPSA) is 26.3 Å². The molecule has 0 aromatic rings. The Bertz CT molecular complexity index is 186. The number of hydrogen-bond donors (Lipinski definition) is 0. The minimum atomic E-state index is -0.0141. The second-order valence-corrected chi connectivity index (χ2v) is 4.87. The predicted molar refractivity (Wildman–Crippen MR) is 57.3 cm³/mol. The molecule has 0 bridgehead atoms. The summed E-state index contributed by atoms with van der Waals surface area (Å²) < 4.78 is 6.02. The molecule has 0 N–H and O–H groups in total. The van der Waals surface area contributed by atoms with Gasteiger partial charge in [-0.05, 0) is 33.1 Å². The van der Waals surface area contributed by atoms with Crippen molar-refractivity contribution in [2.24, 2.45) is 0 Å². The molecule has 0 aliphatic heterocycles. The molecule has 1 rings (SSSR count). The van der Waals surface area contributed by atoms with Gasteiger partial charge in [-0.3, -0.25) is 4.79 Å². The van der Waals surface area contributed by atoms with Gasteiger partial charge in [-0.1, -0.05) is 13.3 Å². The van der Waals surface area contributed by atoms with E-state index in [1.807, 2.05) is 0 Å². The fourth-order valence-corrected chi connectivity index (χ4v) is 2.14. The molecule has 82 valence electrons. The standard InChI is InChI=1S/C12H22O2/c1-4-9-12(2,3)14-11-7-5-10(13)6-8-11/h11H,4-9H2,1-3H3. The third-order valence-electron chi connectivity index (χ3n) is 2.83. The smallest absolute Gasteiger partial charge is 0.133 e. The molecule has 0 heterocycles. The van der Waals surface area contributed by atoms with Crippen LogP contribution in [0.1, 0.15) is 59.3 Å². The van der Waals surface area contributed by atoms with Crippen molar-refractivity contribution in [1.82, 2.24) is 0 Å². The highest BCUT2D eigenvalue weighted by atomic mass is 16.5. The molecule has 0 saturated heterocycles. The lowest BCUT2D eigenvalue weighted by atomic mass is 9.95. The van der Waals surface area contributed by atoms with Gasteiger partial charge in [0.1, 0.15) is 5.78 Å². The first-order valence-corrected chi connectivity index (χ1v) is 5.73. The van der Waals surface area contributed by atoms with Crippen molar-refractivity contribution in [3.05, 3.63) is 0 Å². The summed E-state index contributed by atoms with van der Waals surface area (Å²) in [6.45, 7) is 6.47. The van der Waals surface area contributed by atoms with Crippen LogP contribution in [0.3, 0.4) is 0 Å². The minimum absolute atomic E-state index is 0.0141. The summed E-state index contributed by atoms with van der Waals surface area (Å²) in [6, 6.07) is 0. The first kappa shape index (κ1) is 11.7. The zero-order valence-corrected chi connectivity index (χ0v) is 9.64. The summed E-state index contributed by atoms with van der Waals surface area (Å²) in [5, 5.41) is 0. The molecular formula is C12H22O2. The van der Waals surface area contributed by atoms with Crippen molar-refractivity contribution in [3.8, 4) is 0 Å².